The summed E-state index contributed by atoms with van der Waals surface area (Å²) in [6, 6.07) is 2.10. The molecule has 5 nitrogen and oxygen atoms in total. The number of carbonyl (C=O) groups excluding carboxylic acids is 2. The Hall–Kier alpha value is -1.56. The fourth-order valence-electron chi connectivity index (χ4n) is 2.52. The van der Waals surface area contributed by atoms with Crippen LogP contribution in [0.4, 0.5) is 4.79 Å². The van der Waals surface area contributed by atoms with Crippen LogP contribution in [0.3, 0.4) is 0 Å². The Balaban J connectivity index is 1.74. The van der Waals surface area contributed by atoms with E-state index in [1.807, 2.05) is 28.2 Å². The van der Waals surface area contributed by atoms with Gasteiger partial charge in [0.15, 0.2) is 0 Å². The zero-order valence-electron chi connectivity index (χ0n) is 10.2. The summed E-state index contributed by atoms with van der Waals surface area (Å²) in [6.07, 6.45) is 0. The second-order valence-corrected chi connectivity index (χ2v) is 5.63. The minimum atomic E-state index is -0.000553. The molecular weight excluding hydrogens is 250 g/mol. The number of carbonyl (C=O) groups is 2. The molecule has 3 rings (SSSR count). The van der Waals surface area contributed by atoms with Crippen LogP contribution >= 0.6 is 11.3 Å². The van der Waals surface area contributed by atoms with E-state index >= 15 is 0 Å². The number of rotatable bonds is 1. The van der Waals surface area contributed by atoms with Gasteiger partial charge in [-0.1, -0.05) is 0 Å². The van der Waals surface area contributed by atoms with Crippen molar-refractivity contribution >= 4 is 23.3 Å². The average molecular weight is 265 g/mol. The van der Waals surface area contributed by atoms with Crippen molar-refractivity contribution in [3.8, 4) is 0 Å². The quantitative estimate of drug-likeness (QED) is 0.820. The second kappa shape index (κ2) is 4.28. The first-order valence-corrected chi connectivity index (χ1v) is 6.92. The Bertz CT molecular complexity index is 499. The van der Waals surface area contributed by atoms with Gasteiger partial charge in [-0.2, -0.15) is 0 Å². The van der Waals surface area contributed by atoms with E-state index in [1.165, 1.54) is 11.3 Å². The van der Waals surface area contributed by atoms with Crippen molar-refractivity contribution < 1.29 is 9.59 Å². The van der Waals surface area contributed by atoms with Gasteiger partial charge < -0.3 is 15.1 Å². The first kappa shape index (κ1) is 11.5. The van der Waals surface area contributed by atoms with Gasteiger partial charge in [0.1, 0.15) is 0 Å². The summed E-state index contributed by atoms with van der Waals surface area (Å²) in [5.41, 5.74) is 1.04. The lowest BCUT2D eigenvalue weighted by Crippen LogP contribution is -2.53. The number of amides is 3. The fourth-order valence-corrected chi connectivity index (χ4v) is 3.42. The number of hydrogen-bond donors (Lipinski definition) is 1. The lowest BCUT2D eigenvalue weighted by atomic mass is 10.2. The van der Waals surface area contributed by atoms with Crippen LogP contribution in [0, 0.1) is 6.92 Å². The topological polar surface area (TPSA) is 52.7 Å². The molecule has 1 N–H and O–H groups in total. The monoisotopic (exact) mass is 265 g/mol. The molecule has 0 radical (unpaired) electrons. The number of thiophene rings is 1. The Labute approximate surface area is 109 Å². The smallest absolute Gasteiger partial charge is 0.317 e. The predicted octanol–water partition coefficient (Wildman–Crippen LogP) is 0.906. The number of aryl methyl sites for hydroxylation is 1. The third kappa shape index (κ3) is 1.77. The first-order valence-electron chi connectivity index (χ1n) is 6.04. The lowest BCUT2D eigenvalue weighted by Gasteiger charge is -2.36. The second-order valence-electron chi connectivity index (χ2n) is 4.72. The van der Waals surface area contributed by atoms with Crippen molar-refractivity contribution in [2.24, 2.45) is 0 Å². The Kier molecular flexibility index (Phi) is 2.74. The summed E-state index contributed by atoms with van der Waals surface area (Å²) in [6.45, 7) is 4.49. The summed E-state index contributed by atoms with van der Waals surface area (Å²) >= 11 is 1.49. The van der Waals surface area contributed by atoms with Gasteiger partial charge in [0.25, 0.3) is 5.91 Å². The molecule has 18 heavy (non-hydrogen) atoms. The number of nitrogens with one attached hydrogen (secondary N) is 1. The third-order valence-electron chi connectivity index (χ3n) is 3.58. The van der Waals surface area contributed by atoms with Crippen LogP contribution in [0.15, 0.2) is 11.4 Å². The fraction of sp³-hybridized carbons (Fsp3) is 0.500. The molecular formula is C12H15N3O2S. The van der Waals surface area contributed by atoms with Crippen LogP contribution in [0.2, 0.25) is 0 Å². The molecule has 96 valence electrons. The summed E-state index contributed by atoms with van der Waals surface area (Å²) in [5.74, 6) is 0.0986. The third-order valence-corrected chi connectivity index (χ3v) is 4.58. The van der Waals surface area contributed by atoms with Gasteiger partial charge in [0, 0.05) is 26.2 Å². The van der Waals surface area contributed by atoms with Gasteiger partial charge in [-0.25, -0.2) is 4.79 Å². The van der Waals surface area contributed by atoms with Crippen molar-refractivity contribution in [1.29, 1.82) is 0 Å². The van der Waals surface area contributed by atoms with E-state index in [9.17, 15) is 9.59 Å². The maximum Gasteiger partial charge on any atom is 0.317 e. The van der Waals surface area contributed by atoms with Crippen molar-refractivity contribution in [1.82, 2.24) is 15.1 Å². The Morgan fingerprint density at radius 2 is 2.33 bits per heavy atom. The molecule has 2 aliphatic heterocycles. The number of hydrogen-bond acceptors (Lipinski definition) is 3. The van der Waals surface area contributed by atoms with E-state index in [2.05, 4.69) is 5.32 Å². The van der Waals surface area contributed by atoms with Gasteiger partial charge in [-0.15, -0.1) is 11.3 Å². The largest absolute Gasteiger partial charge is 0.336 e. The number of urea groups is 1. The van der Waals surface area contributed by atoms with Gasteiger partial charge in [-0.05, 0) is 23.9 Å². The van der Waals surface area contributed by atoms with Crippen LogP contribution in [0.1, 0.15) is 15.2 Å². The predicted molar refractivity (Wildman–Crippen MR) is 68.9 cm³/mol. The number of piperazine rings is 1. The highest BCUT2D eigenvalue weighted by Gasteiger charge is 2.37. The van der Waals surface area contributed by atoms with Crippen molar-refractivity contribution in [3.63, 3.8) is 0 Å². The van der Waals surface area contributed by atoms with Crippen molar-refractivity contribution in [3.05, 3.63) is 21.9 Å². The van der Waals surface area contributed by atoms with E-state index in [4.69, 9.17) is 0 Å². The van der Waals surface area contributed by atoms with Crippen molar-refractivity contribution in [2.45, 2.75) is 13.0 Å². The zero-order chi connectivity index (χ0) is 12.7. The average Bonchev–Trinajstić information content (AvgIpc) is 2.95. The molecule has 1 unspecified atom stereocenters. The Morgan fingerprint density at radius 3 is 3.06 bits per heavy atom. The van der Waals surface area contributed by atoms with Crippen molar-refractivity contribution in [2.75, 3.05) is 26.2 Å². The number of nitrogens with zero attached hydrogens (tertiary/aromatic N) is 2. The lowest BCUT2D eigenvalue weighted by molar-refractivity contribution is 0.0621. The van der Waals surface area contributed by atoms with Gasteiger partial charge in [0.05, 0.1) is 10.9 Å². The van der Waals surface area contributed by atoms with Gasteiger partial charge in [0.2, 0.25) is 0 Å². The highest BCUT2D eigenvalue weighted by molar-refractivity contribution is 7.12. The van der Waals surface area contributed by atoms with Crippen LogP contribution in [-0.2, 0) is 0 Å². The highest BCUT2D eigenvalue weighted by Crippen LogP contribution is 2.21. The molecule has 1 aromatic rings. The molecule has 2 fully saturated rings. The molecule has 0 spiro atoms. The van der Waals surface area contributed by atoms with Crippen LogP contribution < -0.4 is 5.32 Å². The van der Waals surface area contributed by atoms with E-state index in [-0.39, 0.29) is 18.0 Å². The molecule has 0 saturated carbocycles. The zero-order valence-corrected chi connectivity index (χ0v) is 11.0. The molecule has 1 atom stereocenters. The number of fused-ring (bicyclic) bond motifs is 1. The summed E-state index contributed by atoms with van der Waals surface area (Å²) in [4.78, 5) is 28.4. The molecule has 0 aromatic carbocycles. The van der Waals surface area contributed by atoms with E-state index in [0.717, 1.165) is 10.4 Å². The molecule has 0 aliphatic carbocycles. The molecule has 3 amide bonds. The minimum absolute atomic E-state index is 0.000553. The first-order chi connectivity index (χ1) is 8.66. The van der Waals surface area contributed by atoms with E-state index in [0.29, 0.717) is 26.2 Å². The Morgan fingerprint density at radius 1 is 1.50 bits per heavy atom. The van der Waals surface area contributed by atoms with Crippen LogP contribution in [0.25, 0.3) is 0 Å². The molecule has 0 bridgehead atoms. The standard InChI is InChI=1S/C12H15N3O2S/c1-8-2-5-18-10(8)11(16)14-3-4-15-9(7-14)6-13-12(15)17/h2,5,9H,3-4,6-7H2,1H3,(H,13,17). The van der Waals surface area contributed by atoms with E-state index < -0.39 is 0 Å². The highest BCUT2D eigenvalue weighted by atomic mass is 32.1. The van der Waals surface area contributed by atoms with E-state index in [1.54, 1.807) is 0 Å². The van der Waals surface area contributed by atoms with Crippen LogP contribution in [-0.4, -0.2) is 54.0 Å². The molecule has 1 aromatic heterocycles. The molecule has 3 heterocycles. The molecule has 2 aliphatic rings. The summed E-state index contributed by atoms with van der Waals surface area (Å²) in [5, 5.41) is 4.76. The molecule has 2 saturated heterocycles. The normalized spacial score (nSPS) is 22.9. The maximum atomic E-state index is 12.4. The van der Waals surface area contributed by atoms with Gasteiger partial charge in [-0.3, -0.25) is 4.79 Å². The molecule has 6 heteroatoms. The minimum Gasteiger partial charge on any atom is -0.336 e. The SMILES string of the molecule is Cc1ccsc1C(=O)N1CCN2C(=O)NCC2C1. The maximum absolute atomic E-state index is 12.4. The van der Waals surface area contributed by atoms with Gasteiger partial charge >= 0.3 is 6.03 Å². The van der Waals surface area contributed by atoms with Crippen LogP contribution in [0.5, 0.6) is 0 Å². The summed E-state index contributed by atoms with van der Waals surface area (Å²) < 4.78 is 0. The summed E-state index contributed by atoms with van der Waals surface area (Å²) in [7, 11) is 0.